The number of aromatic nitrogens is 2. The van der Waals surface area contributed by atoms with Crippen LogP contribution in [-0.2, 0) is 16.3 Å². The second-order valence-electron chi connectivity index (χ2n) is 7.81. The summed E-state index contributed by atoms with van der Waals surface area (Å²) in [6, 6.07) is 7.06. The zero-order valence-corrected chi connectivity index (χ0v) is 18.2. The molecule has 3 heterocycles. The number of carbonyl (C=O) groups is 1. The van der Waals surface area contributed by atoms with E-state index in [-0.39, 0.29) is 11.9 Å². The predicted octanol–water partition coefficient (Wildman–Crippen LogP) is 2.88. The monoisotopic (exact) mass is 446 g/mol. The molecule has 10 heteroatoms. The number of sulfone groups is 1. The van der Waals surface area contributed by atoms with Gasteiger partial charge in [0.15, 0.2) is 9.84 Å². The minimum atomic E-state index is -3.25. The van der Waals surface area contributed by atoms with Crippen LogP contribution >= 0.6 is 0 Å². The molecule has 0 aliphatic carbocycles. The third kappa shape index (κ3) is 4.58. The topological polar surface area (TPSA) is 113 Å². The number of carboxylic acid groups (broad SMARTS) is 1. The number of nitrogens with zero attached hydrogens (tertiary/aromatic N) is 4. The van der Waals surface area contributed by atoms with Crippen molar-refractivity contribution in [2.75, 3.05) is 30.3 Å². The summed E-state index contributed by atoms with van der Waals surface area (Å²) in [5.41, 5.74) is 1.93. The Balaban J connectivity index is 1.48. The van der Waals surface area contributed by atoms with Crippen molar-refractivity contribution in [3.05, 3.63) is 36.2 Å². The van der Waals surface area contributed by atoms with Crippen LogP contribution in [0.3, 0.4) is 0 Å². The molecule has 1 saturated heterocycles. The van der Waals surface area contributed by atoms with E-state index in [1.165, 1.54) is 11.2 Å². The van der Waals surface area contributed by atoms with Gasteiger partial charge in [-0.1, -0.05) is 6.92 Å². The van der Waals surface area contributed by atoms with Gasteiger partial charge in [0.2, 0.25) is 5.88 Å². The summed E-state index contributed by atoms with van der Waals surface area (Å²) in [6.07, 6.45) is 3.02. The average Bonchev–Trinajstić information content (AvgIpc) is 3.18. The van der Waals surface area contributed by atoms with Gasteiger partial charge in [0, 0.05) is 44.2 Å². The quantitative estimate of drug-likeness (QED) is 0.721. The van der Waals surface area contributed by atoms with Crippen LogP contribution in [-0.4, -0.2) is 66.0 Å². The van der Waals surface area contributed by atoms with Crippen molar-refractivity contribution in [2.45, 2.75) is 43.6 Å². The standard InChI is InChI=1S/C21H26N4O5S/c1-2-11-31(28,29)17-3-4-18-15(12-17)5-10-25(18)19-13-20(23-14-22-19)30-16-6-8-24(9-7-16)21(26)27/h3-4,12-14,16H,2,5-11H2,1H3,(H,26,27). The third-order valence-electron chi connectivity index (χ3n) is 5.68. The van der Waals surface area contributed by atoms with Gasteiger partial charge < -0.3 is 19.6 Å². The van der Waals surface area contributed by atoms with Gasteiger partial charge in [-0.2, -0.15) is 0 Å². The van der Waals surface area contributed by atoms with Crippen molar-refractivity contribution in [1.82, 2.24) is 14.9 Å². The molecule has 1 amide bonds. The normalized spacial score (nSPS) is 16.9. The maximum absolute atomic E-state index is 12.4. The number of fused-ring (bicyclic) bond motifs is 1. The highest BCUT2D eigenvalue weighted by molar-refractivity contribution is 7.91. The summed E-state index contributed by atoms with van der Waals surface area (Å²) < 4.78 is 30.8. The Kier molecular flexibility index (Phi) is 5.99. The molecular weight excluding hydrogens is 420 g/mol. The molecule has 2 aliphatic rings. The number of hydrogen-bond donors (Lipinski definition) is 1. The Morgan fingerprint density at radius 2 is 1.97 bits per heavy atom. The molecule has 2 aliphatic heterocycles. The minimum absolute atomic E-state index is 0.0875. The SMILES string of the molecule is CCCS(=O)(=O)c1ccc2c(c1)CCN2c1cc(OC2CCN(C(=O)O)CC2)ncn1. The first-order valence-electron chi connectivity index (χ1n) is 10.5. The van der Waals surface area contributed by atoms with Crippen molar-refractivity contribution < 1.29 is 23.1 Å². The molecule has 4 rings (SSSR count). The molecule has 31 heavy (non-hydrogen) atoms. The van der Waals surface area contributed by atoms with Crippen LogP contribution in [0.25, 0.3) is 0 Å². The number of ether oxygens (including phenoxy) is 1. The molecule has 2 aromatic rings. The number of piperidine rings is 1. The fraction of sp³-hybridized carbons (Fsp3) is 0.476. The lowest BCUT2D eigenvalue weighted by Gasteiger charge is -2.30. The predicted molar refractivity (Wildman–Crippen MR) is 115 cm³/mol. The summed E-state index contributed by atoms with van der Waals surface area (Å²) in [4.78, 5) is 23.4. The Hall–Kier alpha value is -2.88. The van der Waals surface area contributed by atoms with Crippen LogP contribution in [0.2, 0.25) is 0 Å². The zero-order valence-electron chi connectivity index (χ0n) is 17.4. The van der Waals surface area contributed by atoms with E-state index >= 15 is 0 Å². The highest BCUT2D eigenvalue weighted by Crippen LogP contribution is 2.36. The van der Waals surface area contributed by atoms with Gasteiger partial charge in [0.1, 0.15) is 18.2 Å². The molecule has 0 unspecified atom stereocenters. The second-order valence-corrected chi connectivity index (χ2v) is 9.92. The van der Waals surface area contributed by atoms with Gasteiger partial charge >= 0.3 is 6.09 Å². The van der Waals surface area contributed by atoms with E-state index in [0.29, 0.717) is 55.5 Å². The number of hydrogen-bond acceptors (Lipinski definition) is 7. The Morgan fingerprint density at radius 3 is 2.68 bits per heavy atom. The van der Waals surface area contributed by atoms with Gasteiger partial charge in [-0.05, 0) is 36.6 Å². The fourth-order valence-corrected chi connectivity index (χ4v) is 5.44. The van der Waals surface area contributed by atoms with Crippen molar-refractivity contribution in [3.63, 3.8) is 0 Å². The molecule has 0 spiro atoms. The Bertz CT molecular complexity index is 1070. The van der Waals surface area contributed by atoms with Gasteiger partial charge in [-0.3, -0.25) is 0 Å². The first kappa shape index (κ1) is 21.4. The highest BCUT2D eigenvalue weighted by Gasteiger charge is 2.26. The molecular formula is C21H26N4O5S. The van der Waals surface area contributed by atoms with Gasteiger partial charge in [0.05, 0.1) is 10.6 Å². The van der Waals surface area contributed by atoms with E-state index in [0.717, 1.165) is 17.7 Å². The number of amides is 1. The lowest BCUT2D eigenvalue weighted by atomic mass is 10.1. The smallest absolute Gasteiger partial charge is 0.407 e. The average molecular weight is 447 g/mol. The van der Waals surface area contributed by atoms with Gasteiger partial charge in [0.25, 0.3) is 0 Å². The van der Waals surface area contributed by atoms with Crippen LogP contribution in [0, 0.1) is 0 Å². The number of anilines is 2. The summed E-state index contributed by atoms with van der Waals surface area (Å²) >= 11 is 0. The lowest BCUT2D eigenvalue weighted by molar-refractivity contribution is 0.0870. The molecule has 1 aromatic carbocycles. The molecule has 1 aromatic heterocycles. The molecule has 0 atom stereocenters. The lowest BCUT2D eigenvalue weighted by Crippen LogP contribution is -2.41. The van der Waals surface area contributed by atoms with E-state index in [2.05, 4.69) is 9.97 Å². The molecule has 0 radical (unpaired) electrons. The molecule has 1 fully saturated rings. The Labute approximate surface area is 181 Å². The maximum atomic E-state index is 12.4. The minimum Gasteiger partial charge on any atom is -0.474 e. The van der Waals surface area contributed by atoms with E-state index in [1.54, 1.807) is 18.2 Å². The number of rotatable bonds is 6. The van der Waals surface area contributed by atoms with E-state index in [9.17, 15) is 13.2 Å². The van der Waals surface area contributed by atoms with E-state index in [1.807, 2.05) is 17.9 Å². The van der Waals surface area contributed by atoms with Crippen molar-refractivity contribution >= 4 is 27.4 Å². The molecule has 9 nitrogen and oxygen atoms in total. The van der Waals surface area contributed by atoms with Crippen LogP contribution < -0.4 is 9.64 Å². The van der Waals surface area contributed by atoms with Crippen molar-refractivity contribution in [3.8, 4) is 5.88 Å². The second kappa shape index (κ2) is 8.70. The summed E-state index contributed by atoms with van der Waals surface area (Å²) in [7, 11) is -3.25. The van der Waals surface area contributed by atoms with E-state index in [4.69, 9.17) is 9.84 Å². The number of likely N-dealkylation sites (tertiary alicyclic amines) is 1. The van der Waals surface area contributed by atoms with Crippen LogP contribution in [0.5, 0.6) is 5.88 Å². The molecule has 0 bridgehead atoms. The van der Waals surface area contributed by atoms with Crippen molar-refractivity contribution in [2.24, 2.45) is 0 Å². The third-order valence-corrected chi connectivity index (χ3v) is 7.60. The fourth-order valence-electron chi connectivity index (χ4n) is 4.07. The van der Waals surface area contributed by atoms with Crippen molar-refractivity contribution in [1.29, 1.82) is 0 Å². The number of benzene rings is 1. The first-order chi connectivity index (χ1) is 14.9. The summed E-state index contributed by atoms with van der Waals surface area (Å²) in [5, 5.41) is 9.07. The molecule has 1 N–H and O–H groups in total. The van der Waals surface area contributed by atoms with Gasteiger partial charge in [-0.25, -0.2) is 23.2 Å². The molecule has 0 saturated carbocycles. The summed E-state index contributed by atoms with van der Waals surface area (Å²) in [5.74, 6) is 1.29. The highest BCUT2D eigenvalue weighted by atomic mass is 32.2. The van der Waals surface area contributed by atoms with Gasteiger partial charge in [-0.15, -0.1) is 0 Å². The summed E-state index contributed by atoms with van der Waals surface area (Å²) in [6.45, 7) is 3.44. The first-order valence-corrected chi connectivity index (χ1v) is 12.1. The van der Waals surface area contributed by atoms with Crippen LogP contribution in [0.15, 0.2) is 35.5 Å². The largest absolute Gasteiger partial charge is 0.474 e. The maximum Gasteiger partial charge on any atom is 0.407 e. The Morgan fingerprint density at radius 1 is 1.19 bits per heavy atom. The zero-order chi connectivity index (χ0) is 22.0. The van der Waals surface area contributed by atoms with Crippen LogP contribution in [0.1, 0.15) is 31.7 Å². The molecule has 166 valence electrons. The van der Waals surface area contributed by atoms with E-state index < -0.39 is 15.9 Å². The van der Waals surface area contributed by atoms with Crippen LogP contribution in [0.4, 0.5) is 16.3 Å².